The Bertz CT molecular complexity index is 1260. The van der Waals surface area contributed by atoms with Crippen LogP contribution in [-0.4, -0.2) is 45.6 Å². The molecule has 1 saturated carbocycles. The van der Waals surface area contributed by atoms with E-state index in [1.165, 1.54) is 11.3 Å². The Balaban J connectivity index is 1.42. The minimum atomic E-state index is -3.39. The number of aromatic nitrogens is 4. The van der Waals surface area contributed by atoms with Crippen molar-refractivity contribution in [2.24, 2.45) is 0 Å². The third kappa shape index (κ3) is 5.86. The van der Waals surface area contributed by atoms with Crippen LogP contribution >= 0.6 is 11.3 Å². The Kier molecular flexibility index (Phi) is 7.08. The monoisotopic (exact) mass is 502 g/mol. The smallest absolute Gasteiger partial charge is 0.237 e. The molecule has 1 atom stereocenters. The first kappa shape index (κ1) is 24.0. The van der Waals surface area contributed by atoms with E-state index in [9.17, 15) is 13.2 Å². The van der Waals surface area contributed by atoms with Crippen molar-refractivity contribution >= 4 is 38.2 Å². The lowest BCUT2D eigenvalue weighted by Crippen LogP contribution is -2.22. The maximum Gasteiger partial charge on any atom is 0.237 e. The standard InChI is InChI=1S/C22H26N6O4S2/c1-4-16(18-12-33-22(26-18)28-34(30,31)15-6-7-15)21(29)27-19-8-5-14(9-24-19)17-10-23-11-20(25-17)32-13(2)3/h5,8-13,15-16H,4,6-7H2,1-3H3,(H,26,28)(H,24,27,29). The van der Waals surface area contributed by atoms with Gasteiger partial charge in [-0.15, -0.1) is 11.3 Å². The van der Waals surface area contributed by atoms with Gasteiger partial charge in [0.25, 0.3) is 0 Å². The van der Waals surface area contributed by atoms with E-state index in [1.807, 2.05) is 20.8 Å². The summed E-state index contributed by atoms with van der Waals surface area (Å²) in [6, 6.07) is 3.48. The second-order valence-corrected chi connectivity index (χ2v) is 11.0. The summed E-state index contributed by atoms with van der Waals surface area (Å²) in [7, 11) is -3.39. The van der Waals surface area contributed by atoms with Crippen molar-refractivity contribution in [3.05, 3.63) is 41.8 Å². The molecule has 1 aliphatic carbocycles. The molecule has 2 N–H and O–H groups in total. The van der Waals surface area contributed by atoms with E-state index in [1.54, 1.807) is 36.1 Å². The molecule has 34 heavy (non-hydrogen) atoms. The molecule has 10 nitrogen and oxygen atoms in total. The van der Waals surface area contributed by atoms with Gasteiger partial charge in [0.05, 0.1) is 41.1 Å². The number of carbonyl (C=O) groups excluding carboxylic acids is 1. The van der Waals surface area contributed by atoms with Gasteiger partial charge in [-0.2, -0.15) is 0 Å². The molecule has 1 fully saturated rings. The van der Waals surface area contributed by atoms with Crippen LogP contribution in [-0.2, 0) is 14.8 Å². The molecule has 0 saturated heterocycles. The number of rotatable bonds is 10. The number of anilines is 2. The average molecular weight is 503 g/mol. The molecular weight excluding hydrogens is 476 g/mol. The zero-order valence-electron chi connectivity index (χ0n) is 19.1. The van der Waals surface area contributed by atoms with E-state index in [0.717, 1.165) is 5.56 Å². The van der Waals surface area contributed by atoms with Crippen molar-refractivity contribution in [2.75, 3.05) is 10.0 Å². The number of nitrogens with zero attached hydrogens (tertiary/aromatic N) is 4. The predicted octanol–water partition coefficient (Wildman–Crippen LogP) is 3.82. The predicted molar refractivity (Wildman–Crippen MR) is 130 cm³/mol. The molecule has 180 valence electrons. The Hall–Kier alpha value is -3.12. The molecule has 1 amide bonds. The summed E-state index contributed by atoms with van der Waals surface area (Å²) in [5, 5.41) is 4.46. The zero-order chi connectivity index (χ0) is 24.3. The van der Waals surface area contributed by atoms with Gasteiger partial charge >= 0.3 is 0 Å². The maximum absolute atomic E-state index is 12.9. The van der Waals surface area contributed by atoms with E-state index in [0.29, 0.717) is 42.3 Å². The Morgan fingerprint density at radius 1 is 1.21 bits per heavy atom. The molecule has 12 heteroatoms. The van der Waals surface area contributed by atoms with Gasteiger partial charge in [0.2, 0.25) is 21.8 Å². The second kappa shape index (κ2) is 10.0. The Morgan fingerprint density at radius 3 is 2.65 bits per heavy atom. The quantitative estimate of drug-likeness (QED) is 0.427. The molecule has 1 unspecified atom stereocenters. The number of carbonyl (C=O) groups is 1. The van der Waals surface area contributed by atoms with Gasteiger partial charge in [-0.3, -0.25) is 14.5 Å². The van der Waals surface area contributed by atoms with Crippen LogP contribution in [0.2, 0.25) is 0 Å². The van der Waals surface area contributed by atoms with Gasteiger partial charge in [0.1, 0.15) is 5.82 Å². The van der Waals surface area contributed by atoms with E-state index >= 15 is 0 Å². The molecule has 3 aromatic rings. The number of pyridine rings is 1. The number of amides is 1. The molecule has 0 radical (unpaired) electrons. The normalized spacial score (nSPS) is 14.6. The maximum atomic E-state index is 12.9. The summed E-state index contributed by atoms with van der Waals surface area (Å²) >= 11 is 1.17. The molecule has 4 rings (SSSR count). The van der Waals surface area contributed by atoms with Gasteiger partial charge in [0.15, 0.2) is 5.13 Å². The highest BCUT2D eigenvalue weighted by atomic mass is 32.2. The molecule has 1 aliphatic rings. The number of nitrogens with one attached hydrogen (secondary N) is 2. The van der Waals surface area contributed by atoms with Crippen molar-refractivity contribution in [1.82, 2.24) is 19.9 Å². The van der Waals surface area contributed by atoms with Crippen molar-refractivity contribution in [1.29, 1.82) is 0 Å². The Morgan fingerprint density at radius 2 is 2.00 bits per heavy atom. The summed E-state index contributed by atoms with van der Waals surface area (Å²) < 4.78 is 32.4. The van der Waals surface area contributed by atoms with Crippen molar-refractivity contribution in [3.8, 4) is 17.1 Å². The van der Waals surface area contributed by atoms with Gasteiger partial charge < -0.3 is 10.1 Å². The van der Waals surface area contributed by atoms with Crippen LogP contribution in [0.4, 0.5) is 10.9 Å². The summed E-state index contributed by atoms with van der Waals surface area (Å²) in [5.41, 5.74) is 1.87. The second-order valence-electron chi connectivity index (χ2n) is 8.22. The first-order valence-corrected chi connectivity index (χ1v) is 13.4. The van der Waals surface area contributed by atoms with Crippen molar-refractivity contribution in [2.45, 2.75) is 57.3 Å². The molecule has 0 aromatic carbocycles. The number of hydrogen-bond acceptors (Lipinski definition) is 9. The van der Waals surface area contributed by atoms with Crippen LogP contribution in [0.25, 0.3) is 11.3 Å². The summed E-state index contributed by atoms with van der Waals surface area (Å²) in [4.78, 5) is 30.1. The number of thiazole rings is 1. The minimum absolute atomic E-state index is 0.0149. The van der Waals surface area contributed by atoms with Crippen molar-refractivity contribution < 1.29 is 17.9 Å². The molecule has 3 heterocycles. The molecular formula is C22H26N6O4S2. The van der Waals surface area contributed by atoms with E-state index in [2.05, 4.69) is 30.0 Å². The van der Waals surface area contributed by atoms with Gasteiger partial charge in [0, 0.05) is 17.1 Å². The minimum Gasteiger partial charge on any atom is -0.474 e. The van der Waals surface area contributed by atoms with Crippen LogP contribution in [0.15, 0.2) is 36.1 Å². The van der Waals surface area contributed by atoms with E-state index in [-0.39, 0.29) is 22.4 Å². The fourth-order valence-electron chi connectivity index (χ4n) is 3.22. The SMILES string of the molecule is CCC(C(=O)Nc1ccc(-c2cncc(OC(C)C)n2)cn1)c1csc(NS(=O)(=O)C2CC2)n1. The lowest BCUT2D eigenvalue weighted by molar-refractivity contribution is -0.117. The molecule has 0 bridgehead atoms. The third-order valence-corrected chi connectivity index (χ3v) is 7.81. The topological polar surface area (TPSA) is 136 Å². The van der Waals surface area contributed by atoms with Crippen LogP contribution < -0.4 is 14.8 Å². The first-order valence-electron chi connectivity index (χ1n) is 11.0. The average Bonchev–Trinajstić information content (AvgIpc) is 3.57. The van der Waals surface area contributed by atoms with Crippen LogP contribution in [0, 0.1) is 0 Å². The lowest BCUT2D eigenvalue weighted by Gasteiger charge is -2.13. The molecule has 0 aliphatic heterocycles. The summed E-state index contributed by atoms with van der Waals surface area (Å²) in [6.07, 6.45) is 6.60. The molecule has 0 spiro atoms. The summed E-state index contributed by atoms with van der Waals surface area (Å²) in [5.74, 6) is 0.0155. The zero-order valence-corrected chi connectivity index (χ0v) is 20.7. The molecule has 3 aromatic heterocycles. The summed E-state index contributed by atoms with van der Waals surface area (Å²) in [6.45, 7) is 5.70. The number of hydrogen-bond donors (Lipinski definition) is 2. The fraction of sp³-hybridized carbons (Fsp3) is 0.409. The van der Waals surface area contributed by atoms with Crippen LogP contribution in [0.1, 0.15) is 51.6 Å². The van der Waals surface area contributed by atoms with Gasteiger partial charge in [-0.25, -0.2) is 23.4 Å². The number of ether oxygens (including phenoxy) is 1. The fourth-order valence-corrected chi connectivity index (χ4v) is 5.58. The number of sulfonamides is 1. The highest BCUT2D eigenvalue weighted by Gasteiger charge is 2.36. The van der Waals surface area contributed by atoms with Gasteiger partial charge in [-0.05, 0) is 45.2 Å². The first-order chi connectivity index (χ1) is 16.2. The largest absolute Gasteiger partial charge is 0.474 e. The van der Waals surface area contributed by atoms with Crippen molar-refractivity contribution in [3.63, 3.8) is 0 Å². The van der Waals surface area contributed by atoms with E-state index in [4.69, 9.17) is 4.74 Å². The Labute approximate surface area is 202 Å². The van der Waals surface area contributed by atoms with Crippen LogP contribution in [0.3, 0.4) is 0 Å². The highest BCUT2D eigenvalue weighted by molar-refractivity contribution is 7.93. The lowest BCUT2D eigenvalue weighted by atomic mass is 10.0. The van der Waals surface area contributed by atoms with Gasteiger partial charge in [-0.1, -0.05) is 6.92 Å². The van der Waals surface area contributed by atoms with E-state index < -0.39 is 15.9 Å². The van der Waals surface area contributed by atoms with Crippen LogP contribution in [0.5, 0.6) is 5.88 Å². The highest BCUT2D eigenvalue weighted by Crippen LogP contribution is 2.32. The third-order valence-electron chi connectivity index (χ3n) is 5.08.